The number of methoxy groups -OCH3 is 1. The second-order valence-electron chi connectivity index (χ2n) is 12.4. The van der Waals surface area contributed by atoms with Crippen LogP contribution in [0.3, 0.4) is 0 Å². The van der Waals surface area contributed by atoms with Gasteiger partial charge in [0.05, 0.1) is 18.9 Å². The first kappa shape index (κ1) is 35.0. The molecule has 51 heavy (non-hydrogen) atoms. The number of aliphatic hydroxyl groups is 1. The van der Waals surface area contributed by atoms with E-state index in [1.54, 1.807) is 19.2 Å². The molecule has 0 heterocycles. The van der Waals surface area contributed by atoms with Crippen molar-refractivity contribution in [2.24, 2.45) is 0 Å². The van der Waals surface area contributed by atoms with Gasteiger partial charge in [0, 0.05) is 36.6 Å². The first-order valence-corrected chi connectivity index (χ1v) is 17.1. The number of hydrogen-bond donors (Lipinski definition) is 3. The van der Waals surface area contributed by atoms with Crippen LogP contribution >= 0.6 is 0 Å². The predicted octanol–water partition coefficient (Wildman–Crippen LogP) is 9.03. The van der Waals surface area contributed by atoms with E-state index in [1.165, 1.54) is 11.1 Å². The van der Waals surface area contributed by atoms with Gasteiger partial charge in [-0.25, -0.2) is 0 Å². The molecule has 6 aromatic carbocycles. The summed E-state index contributed by atoms with van der Waals surface area (Å²) < 4.78 is 11.6. The van der Waals surface area contributed by atoms with Crippen molar-refractivity contribution in [2.45, 2.75) is 25.7 Å². The van der Waals surface area contributed by atoms with Crippen LogP contribution in [0, 0.1) is 0 Å². The van der Waals surface area contributed by atoms with Gasteiger partial charge in [-0.05, 0) is 76.7 Å². The monoisotopic (exact) mass is 677 g/mol. The quantitative estimate of drug-likeness (QED) is 0.0836. The number of ether oxygens (including phenoxy) is 2. The lowest BCUT2D eigenvalue weighted by molar-refractivity contribution is -0.105. The molecule has 1 amide bonds. The Morgan fingerprint density at radius 1 is 0.706 bits per heavy atom. The fourth-order valence-electron chi connectivity index (χ4n) is 6.06. The van der Waals surface area contributed by atoms with Crippen LogP contribution in [-0.4, -0.2) is 36.6 Å². The van der Waals surface area contributed by atoms with E-state index in [1.807, 2.05) is 84.9 Å². The Labute approximate surface area is 300 Å². The van der Waals surface area contributed by atoms with E-state index < -0.39 is 6.10 Å². The first-order chi connectivity index (χ1) is 25.1. The van der Waals surface area contributed by atoms with Crippen LogP contribution in [0.4, 0.5) is 17.1 Å². The van der Waals surface area contributed by atoms with Gasteiger partial charge < -0.3 is 25.2 Å². The van der Waals surface area contributed by atoms with Crippen molar-refractivity contribution >= 4 is 23.5 Å². The maximum absolute atomic E-state index is 11.4. The number of carbonyl (C=O) groups excluding carboxylic acids is 1. The second-order valence-corrected chi connectivity index (χ2v) is 12.4. The van der Waals surface area contributed by atoms with Gasteiger partial charge in [-0.2, -0.15) is 0 Å². The molecule has 0 aliphatic heterocycles. The molecule has 6 rings (SSSR count). The number of aliphatic hydroxyl groups excluding tert-OH is 1. The smallest absolute Gasteiger partial charge is 0.211 e. The van der Waals surface area contributed by atoms with E-state index in [9.17, 15) is 9.90 Å². The Balaban J connectivity index is 1.11. The molecule has 7 heteroatoms. The Morgan fingerprint density at radius 3 is 2.04 bits per heavy atom. The molecule has 0 aliphatic carbocycles. The molecule has 0 unspecified atom stereocenters. The summed E-state index contributed by atoms with van der Waals surface area (Å²) in [5.74, 6) is 1.37. The van der Waals surface area contributed by atoms with E-state index >= 15 is 0 Å². The molecule has 0 saturated heterocycles. The van der Waals surface area contributed by atoms with E-state index in [2.05, 4.69) is 70.1 Å². The van der Waals surface area contributed by atoms with Gasteiger partial charge in [-0.15, -0.1) is 0 Å². The Kier molecular flexibility index (Phi) is 12.1. The zero-order valence-electron chi connectivity index (χ0n) is 28.7. The SMILES string of the molecule is COc1ccc(Nc2ccc(CCN(Cc3ccccc3)C[C@H](O)c3ccc(OCc4ccccc4)c(NC=O)c3)cc2)cc1-c1ccccc1. The van der Waals surface area contributed by atoms with Crippen LogP contribution in [0.5, 0.6) is 11.5 Å². The number of anilines is 3. The highest BCUT2D eigenvalue weighted by Gasteiger charge is 2.17. The molecule has 0 saturated carbocycles. The average Bonchev–Trinajstić information content (AvgIpc) is 3.18. The molecular formula is C44H43N3O4. The van der Waals surface area contributed by atoms with Crippen molar-refractivity contribution < 1.29 is 19.4 Å². The molecule has 258 valence electrons. The Bertz CT molecular complexity index is 1970. The summed E-state index contributed by atoms with van der Waals surface area (Å²) in [7, 11) is 1.69. The second kappa shape index (κ2) is 17.7. The molecule has 3 N–H and O–H groups in total. The summed E-state index contributed by atoms with van der Waals surface area (Å²) in [4.78, 5) is 13.7. The van der Waals surface area contributed by atoms with Gasteiger partial charge in [-0.3, -0.25) is 9.69 Å². The highest BCUT2D eigenvalue weighted by molar-refractivity contribution is 5.77. The molecule has 7 nitrogen and oxygen atoms in total. The largest absolute Gasteiger partial charge is 0.496 e. The third kappa shape index (κ3) is 9.85. The van der Waals surface area contributed by atoms with Crippen LogP contribution in [-0.2, 0) is 24.4 Å². The number of benzene rings is 6. The molecule has 0 spiro atoms. The Hall–Kier alpha value is -5.89. The molecule has 6 aromatic rings. The molecule has 0 aromatic heterocycles. The summed E-state index contributed by atoms with van der Waals surface area (Å²) in [6.07, 6.45) is 0.661. The average molecular weight is 678 g/mol. The van der Waals surface area contributed by atoms with Gasteiger partial charge >= 0.3 is 0 Å². The van der Waals surface area contributed by atoms with E-state index in [0.29, 0.717) is 43.1 Å². The number of nitrogens with one attached hydrogen (secondary N) is 2. The number of amides is 1. The summed E-state index contributed by atoms with van der Waals surface area (Å²) in [5, 5.41) is 17.7. The zero-order chi connectivity index (χ0) is 35.3. The van der Waals surface area contributed by atoms with Gasteiger partial charge in [0.25, 0.3) is 0 Å². The van der Waals surface area contributed by atoms with Crippen LogP contribution < -0.4 is 20.1 Å². The fraction of sp³-hybridized carbons (Fsp3) is 0.159. The third-order valence-electron chi connectivity index (χ3n) is 8.76. The van der Waals surface area contributed by atoms with Crippen molar-refractivity contribution in [2.75, 3.05) is 30.8 Å². The van der Waals surface area contributed by atoms with Crippen LogP contribution in [0.2, 0.25) is 0 Å². The minimum absolute atomic E-state index is 0.370. The zero-order valence-corrected chi connectivity index (χ0v) is 28.7. The molecule has 0 radical (unpaired) electrons. The fourth-order valence-corrected chi connectivity index (χ4v) is 6.06. The van der Waals surface area contributed by atoms with Crippen molar-refractivity contribution in [3.63, 3.8) is 0 Å². The summed E-state index contributed by atoms with van der Waals surface area (Å²) in [6, 6.07) is 50.4. The number of carbonyl (C=O) groups is 1. The molecule has 0 aliphatic rings. The minimum Gasteiger partial charge on any atom is -0.496 e. The van der Waals surface area contributed by atoms with Crippen molar-refractivity contribution in [3.8, 4) is 22.6 Å². The van der Waals surface area contributed by atoms with Crippen molar-refractivity contribution in [1.82, 2.24) is 4.90 Å². The van der Waals surface area contributed by atoms with Gasteiger partial charge in [-0.1, -0.05) is 109 Å². The van der Waals surface area contributed by atoms with Gasteiger partial charge in [0.1, 0.15) is 18.1 Å². The number of rotatable bonds is 17. The van der Waals surface area contributed by atoms with E-state index in [4.69, 9.17) is 9.47 Å². The summed E-state index contributed by atoms with van der Waals surface area (Å²) in [5.41, 5.74) is 8.72. The summed E-state index contributed by atoms with van der Waals surface area (Å²) in [6.45, 7) is 2.22. The topological polar surface area (TPSA) is 83.1 Å². The maximum Gasteiger partial charge on any atom is 0.211 e. The molecule has 0 bridgehead atoms. The highest BCUT2D eigenvalue weighted by Crippen LogP contribution is 2.34. The van der Waals surface area contributed by atoms with E-state index in [0.717, 1.165) is 46.8 Å². The third-order valence-corrected chi connectivity index (χ3v) is 8.76. The lowest BCUT2D eigenvalue weighted by atomic mass is 10.0. The van der Waals surface area contributed by atoms with Gasteiger partial charge in [0.15, 0.2) is 0 Å². The van der Waals surface area contributed by atoms with Crippen LogP contribution in [0.15, 0.2) is 152 Å². The van der Waals surface area contributed by atoms with Crippen LogP contribution in [0.25, 0.3) is 11.1 Å². The number of hydrogen-bond acceptors (Lipinski definition) is 6. The standard InChI is InChI=1S/C44H43N3O4/c1-50-43-24-22-39(28-40(43)36-15-9-4-10-16-36)46-38-20-17-33(18-21-38)25-26-47(29-34-11-5-2-6-12-34)30-42(49)37-19-23-44(41(27-37)45-32-48)51-31-35-13-7-3-8-14-35/h2-24,27-28,32,42,46,49H,25-26,29-31H2,1H3,(H,45,48)/t42-/m0/s1. The van der Waals surface area contributed by atoms with Crippen molar-refractivity contribution in [1.29, 1.82) is 0 Å². The molecule has 1 atom stereocenters. The highest BCUT2D eigenvalue weighted by atomic mass is 16.5. The predicted molar refractivity (Wildman–Crippen MR) is 205 cm³/mol. The first-order valence-electron chi connectivity index (χ1n) is 17.1. The summed E-state index contributed by atoms with van der Waals surface area (Å²) >= 11 is 0. The maximum atomic E-state index is 11.4. The molecular weight excluding hydrogens is 635 g/mol. The van der Waals surface area contributed by atoms with E-state index in [-0.39, 0.29) is 0 Å². The van der Waals surface area contributed by atoms with Crippen LogP contribution in [0.1, 0.15) is 28.4 Å². The lowest BCUT2D eigenvalue weighted by Gasteiger charge is -2.26. The normalized spacial score (nSPS) is 11.5. The van der Waals surface area contributed by atoms with Gasteiger partial charge in [0.2, 0.25) is 6.41 Å². The minimum atomic E-state index is -0.777. The Morgan fingerprint density at radius 2 is 1.35 bits per heavy atom. The number of nitrogens with zero attached hydrogens (tertiary/aromatic N) is 1. The van der Waals surface area contributed by atoms with Crippen molar-refractivity contribution in [3.05, 3.63) is 174 Å². The lowest BCUT2D eigenvalue weighted by Crippen LogP contribution is -2.30. The molecule has 0 fully saturated rings.